The minimum Gasteiger partial charge on any atom is -0.367 e. The van der Waals surface area contributed by atoms with E-state index in [9.17, 15) is 0 Å². The Morgan fingerprint density at radius 3 is 2.67 bits per heavy atom. The third-order valence-corrected chi connectivity index (χ3v) is 3.40. The number of aromatic nitrogens is 2. The lowest BCUT2D eigenvalue weighted by Crippen LogP contribution is -2.39. The van der Waals surface area contributed by atoms with Gasteiger partial charge in [-0.3, -0.25) is 9.98 Å². The van der Waals surface area contributed by atoms with Crippen molar-refractivity contribution >= 4 is 59.0 Å². The zero-order valence-corrected chi connectivity index (χ0v) is 16.9. The van der Waals surface area contributed by atoms with Gasteiger partial charge in [0.05, 0.1) is 22.3 Å². The van der Waals surface area contributed by atoms with E-state index in [1.165, 1.54) is 0 Å². The maximum absolute atomic E-state index is 6.04. The van der Waals surface area contributed by atoms with Crippen molar-refractivity contribution < 1.29 is 0 Å². The van der Waals surface area contributed by atoms with Gasteiger partial charge in [-0.05, 0) is 18.2 Å². The monoisotopic (exact) mass is 480 g/mol. The Morgan fingerprint density at radius 2 is 2.00 bits per heavy atom. The molecule has 0 amide bonds. The molecule has 0 unspecified atom stereocenters. The molecule has 0 fully saturated rings. The van der Waals surface area contributed by atoms with Gasteiger partial charge in [0.1, 0.15) is 5.82 Å². The molecule has 0 radical (unpaired) electrons. The number of hydrogen-bond acceptors (Lipinski definition) is 4. The molecule has 2 rings (SSSR count). The normalized spacial score (nSPS) is 10.7. The van der Waals surface area contributed by atoms with E-state index in [1.54, 1.807) is 25.5 Å². The van der Waals surface area contributed by atoms with Crippen molar-refractivity contribution in [3.63, 3.8) is 0 Å². The Kier molecular flexibility index (Phi) is 9.73. The number of nitrogens with zero attached hydrogens (tertiary/aromatic N) is 3. The van der Waals surface area contributed by atoms with E-state index in [-0.39, 0.29) is 24.0 Å². The highest BCUT2D eigenvalue weighted by Gasteiger charge is 2.02. The SMILES string of the molecule is CN=C(NCCNc1ncc(Cl)cc1Cl)NCc1ccccn1.I. The van der Waals surface area contributed by atoms with Crippen LogP contribution in [0.25, 0.3) is 0 Å². The van der Waals surface area contributed by atoms with Gasteiger partial charge in [-0.2, -0.15) is 0 Å². The summed E-state index contributed by atoms with van der Waals surface area (Å²) in [6.45, 7) is 1.90. The van der Waals surface area contributed by atoms with Crippen LogP contribution in [0.5, 0.6) is 0 Å². The fraction of sp³-hybridized carbons (Fsp3) is 0.267. The molecule has 2 aromatic heterocycles. The van der Waals surface area contributed by atoms with Crippen molar-refractivity contribution in [1.82, 2.24) is 20.6 Å². The number of halogens is 3. The first-order chi connectivity index (χ1) is 11.2. The largest absolute Gasteiger partial charge is 0.367 e. The van der Waals surface area contributed by atoms with Crippen molar-refractivity contribution in [1.29, 1.82) is 0 Å². The summed E-state index contributed by atoms with van der Waals surface area (Å²) in [6.07, 6.45) is 3.32. The molecule has 3 N–H and O–H groups in total. The van der Waals surface area contributed by atoms with Crippen LogP contribution in [0, 0.1) is 0 Å². The lowest BCUT2D eigenvalue weighted by Gasteiger charge is -2.12. The molecule has 2 heterocycles. The quantitative estimate of drug-likeness (QED) is 0.256. The van der Waals surface area contributed by atoms with Gasteiger partial charge >= 0.3 is 0 Å². The molecule has 9 heteroatoms. The second kappa shape index (κ2) is 11.3. The van der Waals surface area contributed by atoms with Crippen LogP contribution in [0.1, 0.15) is 5.69 Å². The van der Waals surface area contributed by atoms with Crippen LogP contribution >= 0.6 is 47.2 Å². The van der Waals surface area contributed by atoms with Crippen molar-refractivity contribution in [2.24, 2.45) is 4.99 Å². The smallest absolute Gasteiger partial charge is 0.191 e. The highest BCUT2D eigenvalue weighted by Crippen LogP contribution is 2.21. The van der Waals surface area contributed by atoms with Crippen LogP contribution in [-0.2, 0) is 6.54 Å². The highest BCUT2D eigenvalue weighted by molar-refractivity contribution is 14.0. The topological polar surface area (TPSA) is 74.2 Å². The van der Waals surface area contributed by atoms with Gasteiger partial charge < -0.3 is 16.0 Å². The molecule has 130 valence electrons. The molecule has 0 aliphatic rings. The summed E-state index contributed by atoms with van der Waals surface area (Å²) in [5.41, 5.74) is 0.950. The third-order valence-electron chi connectivity index (χ3n) is 2.90. The minimum atomic E-state index is 0. The van der Waals surface area contributed by atoms with Gasteiger partial charge in [-0.15, -0.1) is 24.0 Å². The highest BCUT2D eigenvalue weighted by atomic mass is 127. The van der Waals surface area contributed by atoms with Crippen LogP contribution < -0.4 is 16.0 Å². The van der Waals surface area contributed by atoms with E-state index < -0.39 is 0 Å². The van der Waals surface area contributed by atoms with E-state index in [0.29, 0.717) is 41.5 Å². The Labute approximate surface area is 168 Å². The number of rotatable bonds is 6. The molecule has 0 atom stereocenters. The van der Waals surface area contributed by atoms with Gasteiger partial charge in [-0.25, -0.2) is 4.98 Å². The predicted molar refractivity (Wildman–Crippen MR) is 111 cm³/mol. The first-order valence-electron chi connectivity index (χ1n) is 7.08. The Balaban J connectivity index is 0.00000288. The van der Waals surface area contributed by atoms with Crippen LogP contribution in [-0.4, -0.2) is 36.1 Å². The average Bonchev–Trinajstić information content (AvgIpc) is 2.57. The maximum Gasteiger partial charge on any atom is 0.191 e. The van der Waals surface area contributed by atoms with Crippen molar-refractivity contribution in [2.75, 3.05) is 25.5 Å². The minimum absolute atomic E-state index is 0. The molecule has 0 aliphatic heterocycles. The molecule has 2 aromatic rings. The molecule has 24 heavy (non-hydrogen) atoms. The second-order valence-electron chi connectivity index (χ2n) is 4.58. The van der Waals surface area contributed by atoms with Crippen LogP contribution in [0.4, 0.5) is 5.82 Å². The van der Waals surface area contributed by atoms with Gasteiger partial charge in [0.15, 0.2) is 5.96 Å². The first-order valence-corrected chi connectivity index (χ1v) is 7.84. The van der Waals surface area contributed by atoms with Crippen LogP contribution in [0.15, 0.2) is 41.7 Å². The van der Waals surface area contributed by atoms with Crippen molar-refractivity contribution in [2.45, 2.75) is 6.54 Å². The summed E-state index contributed by atoms with van der Waals surface area (Å²) in [5.74, 6) is 1.31. The fourth-order valence-electron chi connectivity index (χ4n) is 1.80. The van der Waals surface area contributed by atoms with Crippen LogP contribution in [0.2, 0.25) is 10.0 Å². The average molecular weight is 481 g/mol. The number of hydrogen-bond donors (Lipinski definition) is 3. The van der Waals surface area contributed by atoms with E-state index in [1.807, 2.05) is 18.2 Å². The molecule has 0 aliphatic carbocycles. The zero-order valence-electron chi connectivity index (χ0n) is 13.1. The first kappa shape index (κ1) is 20.7. The molecule has 0 aromatic carbocycles. The summed E-state index contributed by atoms with van der Waals surface area (Å²) >= 11 is 11.9. The Hall–Kier alpha value is -1.32. The number of nitrogens with one attached hydrogen (secondary N) is 3. The predicted octanol–water partition coefficient (Wildman–Crippen LogP) is 3.18. The lowest BCUT2D eigenvalue weighted by atomic mass is 10.3. The summed E-state index contributed by atoms with van der Waals surface area (Å²) in [4.78, 5) is 12.5. The number of guanidine groups is 1. The molecule has 0 saturated heterocycles. The molecule has 0 saturated carbocycles. The Morgan fingerprint density at radius 1 is 1.17 bits per heavy atom. The van der Waals surface area contributed by atoms with E-state index in [0.717, 1.165) is 5.69 Å². The van der Waals surface area contributed by atoms with Crippen molar-refractivity contribution in [3.05, 3.63) is 52.4 Å². The summed E-state index contributed by atoms with van der Waals surface area (Å²) in [6, 6.07) is 7.44. The molecule has 6 nitrogen and oxygen atoms in total. The fourth-order valence-corrected chi connectivity index (χ4v) is 2.25. The van der Waals surface area contributed by atoms with Crippen LogP contribution in [0.3, 0.4) is 0 Å². The number of aliphatic imine (C=N–C) groups is 1. The zero-order chi connectivity index (χ0) is 16.5. The molecule has 0 bridgehead atoms. The van der Waals surface area contributed by atoms with Gasteiger partial charge in [0.25, 0.3) is 0 Å². The Bertz CT molecular complexity index is 654. The number of anilines is 1. The van der Waals surface area contributed by atoms with Crippen molar-refractivity contribution in [3.8, 4) is 0 Å². The molecular formula is C15H19Cl2IN6. The van der Waals surface area contributed by atoms with E-state index in [2.05, 4.69) is 30.9 Å². The summed E-state index contributed by atoms with van der Waals surface area (Å²) < 4.78 is 0. The third kappa shape index (κ3) is 7.06. The summed E-state index contributed by atoms with van der Waals surface area (Å²) in [5, 5.41) is 10.5. The maximum atomic E-state index is 6.04. The van der Waals surface area contributed by atoms with E-state index in [4.69, 9.17) is 23.2 Å². The van der Waals surface area contributed by atoms with Gasteiger partial charge in [0, 0.05) is 32.5 Å². The second-order valence-corrected chi connectivity index (χ2v) is 5.43. The standard InChI is InChI=1S/C15H18Cl2N6.HI/c1-18-15(23-10-12-4-2-3-5-19-12)21-7-6-20-14-13(17)8-11(16)9-22-14;/h2-5,8-9H,6-7,10H2,1H3,(H,20,22)(H2,18,21,23);1H. The van der Waals surface area contributed by atoms with Gasteiger partial charge in [-0.1, -0.05) is 29.3 Å². The van der Waals surface area contributed by atoms with E-state index >= 15 is 0 Å². The lowest BCUT2D eigenvalue weighted by molar-refractivity contribution is 0.797. The summed E-state index contributed by atoms with van der Waals surface area (Å²) in [7, 11) is 1.72. The molecular weight excluding hydrogens is 462 g/mol. The van der Waals surface area contributed by atoms with Gasteiger partial charge in [0.2, 0.25) is 0 Å². The number of pyridine rings is 2. The molecule has 0 spiro atoms.